The van der Waals surface area contributed by atoms with E-state index in [1.807, 2.05) is 32.2 Å². The first-order chi connectivity index (χ1) is 9.67. The lowest BCUT2D eigenvalue weighted by Gasteiger charge is -2.21. The number of hydrogen-bond acceptors (Lipinski definition) is 2. The Hall–Kier alpha value is -1.32. The molecule has 2 nitrogen and oxygen atoms in total. The minimum absolute atomic E-state index is 0.120. The molecule has 0 heterocycles. The van der Waals surface area contributed by atoms with Gasteiger partial charge >= 0.3 is 0 Å². The highest BCUT2D eigenvalue weighted by atomic mass is 79.9. The molecule has 106 valence electrons. The lowest BCUT2D eigenvalue weighted by molar-refractivity contribution is 0.334. The van der Waals surface area contributed by atoms with Gasteiger partial charge in [0.05, 0.1) is 12.6 Å². The van der Waals surface area contributed by atoms with Crippen molar-refractivity contribution >= 4 is 15.9 Å². The molecule has 0 bridgehead atoms. The molecule has 1 N–H and O–H groups in total. The number of benzene rings is 2. The van der Waals surface area contributed by atoms with Crippen LogP contribution in [0.2, 0.25) is 0 Å². The molecule has 0 saturated heterocycles. The van der Waals surface area contributed by atoms with E-state index in [1.54, 1.807) is 0 Å². The van der Waals surface area contributed by atoms with Crippen molar-refractivity contribution in [1.82, 2.24) is 5.32 Å². The first-order valence-electron chi connectivity index (χ1n) is 6.82. The van der Waals surface area contributed by atoms with E-state index in [4.69, 9.17) is 4.74 Å². The van der Waals surface area contributed by atoms with E-state index in [9.17, 15) is 0 Å². The fourth-order valence-corrected chi connectivity index (χ4v) is 2.69. The van der Waals surface area contributed by atoms with E-state index in [2.05, 4.69) is 52.4 Å². The Morgan fingerprint density at radius 3 is 2.60 bits per heavy atom. The van der Waals surface area contributed by atoms with Crippen molar-refractivity contribution in [3.63, 3.8) is 0 Å². The second-order valence-electron chi connectivity index (χ2n) is 4.70. The zero-order valence-corrected chi connectivity index (χ0v) is 13.7. The predicted molar refractivity (Wildman–Crippen MR) is 87.4 cm³/mol. The summed E-state index contributed by atoms with van der Waals surface area (Å²) in [4.78, 5) is 0. The monoisotopic (exact) mass is 333 g/mol. The molecule has 0 aliphatic rings. The zero-order valence-electron chi connectivity index (χ0n) is 12.1. The van der Waals surface area contributed by atoms with E-state index in [-0.39, 0.29) is 6.04 Å². The fourth-order valence-electron chi connectivity index (χ4n) is 2.30. The van der Waals surface area contributed by atoms with Crippen LogP contribution in [0.25, 0.3) is 0 Å². The maximum absolute atomic E-state index is 5.74. The number of hydrogen-bond donors (Lipinski definition) is 1. The van der Waals surface area contributed by atoms with Gasteiger partial charge < -0.3 is 10.1 Å². The molecule has 0 aliphatic heterocycles. The van der Waals surface area contributed by atoms with E-state index >= 15 is 0 Å². The number of rotatable bonds is 5. The van der Waals surface area contributed by atoms with Gasteiger partial charge in [-0.05, 0) is 44.2 Å². The highest BCUT2D eigenvalue weighted by Crippen LogP contribution is 2.31. The Labute approximate surface area is 129 Å². The van der Waals surface area contributed by atoms with Crippen LogP contribution < -0.4 is 10.1 Å². The molecule has 20 heavy (non-hydrogen) atoms. The van der Waals surface area contributed by atoms with Gasteiger partial charge in [0.2, 0.25) is 0 Å². The van der Waals surface area contributed by atoms with Gasteiger partial charge in [-0.2, -0.15) is 0 Å². The van der Waals surface area contributed by atoms with Gasteiger partial charge in [0.25, 0.3) is 0 Å². The van der Waals surface area contributed by atoms with E-state index in [0.717, 1.165) is 15.8 Å². The van der Waals surface area contributed by atoms with Crippen LogP contribution in [-0.2, 0) is 0 Å². The maximum atomic E-state index is 5.74. The number of halogens is 1. The molecule has 1 atom stereocenters. The van der Waals surface area contributed by atoms with E-state index in [0.29, 0.717) is 6.61 Å². The Kier molecular flexibility index (Phi) is 5.21. The lowest BCUT2D eigenvalue weighted by Crippen LogP contribution is -2.18. The third-order valence-corrected chi connectivity index (χ3v) is 4.20. The smallest absolute Gasteiger partial charge is 0.124 e. The highest BCUT2D eigenvalue weighted by molar-refractivity contribution is 9.10. The Balaban J connectivity index is 2.44. The minimum atomic E-state index is 0.120. The van der Waals surface area contributed by atoms with Crippen molar-refractivity contribution in [2.24, 2.45) is 0 Å². The zero-order chi connectivity index (χ0) is 14.5. The quantitative estimate of drug-likeness (QED) is 0.871. The molecule has 2 rings (SSSR count). The summed E-state index contributed by atoms with van der Waals surface area (Å²) in [5.74, 6) is 0.936. The summed E-state index contributed by atoms with van der Waals surface area (Å²) >= 11 is 3.61. The summed E-state index contributed by atoms with van der Waals surface area (Å²) in [6, 6.07) is 14.8. The van der Waals surface area contributed by atoms with Crippen LogP contribution in [0.3, 0.4) is 0 Å². The lowest BCUT2D eigenvalue weighted by atomic mass is 9.97. The molecule has 0 spiro atoms. The average Bonchev–Trinajstić information content (AvgIpc) is 2.45. The SMILES string of the molecule is CCOc1ccccc1C(NC)c1ccc(C)c(Br)c1. The number of ether oxygens (including phenoxy) is 1. The second kappa shape index (κ2) is 6.91. The fraction of sp³-hybridized carbons (Fsp3) is 0.294. The first-order valence-corrected chi connectivity index (χ1v) is 7.61. The van der Waals surface area contributed by atoms with Crippen molar-refractivity contribution in [3.8, 4) is 5.75 Å². The average molecular weight is 334 g/mol. The largest absolute Gasteiger partial charge is 0.494 e. The van der Waals surface area contributed by atoms with Crippen LogP contribution in [0.1, 0.15) is 29.7 Å². The van der Waals surface area contributed by atoms with Gasteiger partial charge in [0, 0.05) is 10.0 Å². The van der Waals surface area contributed by atoms with E-state index in [1.165, 1.54) is 11.1 Å². The number of nitrogens with one attached hydrogen (secondary N) is 1. The van der Waals surface area contributed by atoms with Gasteiger partial charge in [0.15, 0.2) is 0 Å². The highest BCUT2D eigenvalue weighted by Gasteiger charge is 2.16. The van der Waals surface area contributed by atoms with Gasteiger partial charge in [-0.15, -0.1) is 0 Å². The molecule has 3 heteroatoms. The maximum Gasteiger partial charge on any atom is 0.124 e. The van der Waals surface area contributed by atoms with E-state index < -0.39 is 0 Å². The molecule has 0 aliphatic carbocycles. The normalized spacial score (nSPS) is 12.2. The summed E-state index contributed by atoms with van der Waals surface area (Å²) in [7, 11) is 1.97. The first kappa shape index (κ1) is 15.1. The summed E-state index contributed by atoms with van der Waals surface area (Å²) in [6.45, 7) is 4.77. The van der Waals surface area contributed by atoms with Gasteiger partial charge in [-0.3, -0.25) is 0 Å². The van der Waals surface area contributed by atoms with Crippen molar-refractivity contribution in [3.05, 3.63) is 63.6 Å². The molecule has 1 unspecified atom stereocenters. The topological polar surface area (TPSA) is 21.3 Å². The molecule has 2 aromatic carbocycles. The third-order valence-electron chi connectivity index (χ3n) is 3.35. The Morgan fingerprint density at radius 2 is 1.95 bits per heavy atom. The van der Waals surface area contributed by atoms with Gasteiger partial charge in [-0.1, -0.05) is 46.3 Å². The van der Waals surface area contributed by atoms with Crippen LogP contribution in [0.15, 0.2) is 46.9 Å². The van der Waals surface area contributed by atoms with Crippen molar-refractivity contribution in [2.75, 3.05) is 13.7 Å². The summed E-state index contributed by atoms with van der Waals surface area (Å²) < 4.78 is 6.87. The van der Waals surface area contributed by atoms with Crippen LogP contribution >= 0.6 is 15.9 Å². The van der Waals surface area contributed by atoms with Crippen LogP contribution in [0.5, 0.6) is 5.75 Å². The van der Waals surface area contributed by atoms with Crippen molar-refractivity contribution in [2.45, 2.75) is 19.9 Å². The molecule has 0 radical (unpaired) electrons. The summed E-state index contributed by atoms with van der Waals surface area (Å²) in [5, 5.41) is 3.38. The summed E-state index contributed by atoms with van der Waals surface area (Å²) in [5.41, 5.74) is 3.62. The van der Waals surface area contributed by atoms with Crippen molar-refractivity contribution in [1.29, 1.82) is 0 Å². The second-order valence-corrected chi connectivity index (χ2v) is 5.56. The Morgan fingerprint density at radius 1 is 1.20 bits per heavy atom. The summed E-state index contributed by atoms with van der Waals surface area (Å²) in [6.07, 6.45) is 0. The molecule has 2 aromatic rings. The predicted octanol–water partition coefficient (Wildman–Crippen LogP) is 4.47. The van der Waals surface area contributed by atoms with Gasteiger partial charge in [-0.25, -0.2) is 0 Å². The molecule has 0 fully saturated rings. The van der Waals surface area contributed by atoms with Crippen LogP contribution in [0.4, 0.5) is 0 Å². The Bertz CT molecular complexity index is 583. The van der Waals surface area contributed by atoms with Crippen LogP contribution in [-0.4, -0.2) is 13.7 Å². The number of para-hydroxylation sites is 1. The molecular weight excluding hydrogens is 314 g/mol. The van der Waals surface area contributed by atoms with Gasteiger partial charge in [0.1, 0.15) is 5.75 Å². The molecule has 0 aromatic heterocycles. The molecule has 0 saturated carbocycles. The van der Waals surface area contributed by atoms with Crippen molar-refractivity contribution < 1.29 is 4.74 Å². The minimum Gasteiger partial charge on any atom is -0.494 e. The third kappa shape index (κ3) is 3.22. The number of aryl methyl sites for hydroxylation is 1. The van der Waals surface area contributed by atoms with Crippen LogP contribution in [0, 0.1) is 6.92 Å². The molecule has 0 amide bonds. The standard InChI is InChI=1S/C17H20BrNO/c1-4-20-16-8-6-5-7-14(16)17(19-3)13-10-9-12(2)15(18)11-13/h5-11,17,19H,4H2,1-3H3. The molecular formula is C17H20BrNO.